The van der Waals surface area contributed by atoms with Crippen molar-refractivity contribution >= 4 is 11.8 Å². The highest BCUT2D eigenvalue weighted by Gasteiger charge is 2.26. The number of piperidine rings is 1. The molecule has 0 aromatic carbocycles. The van der Waals surface area contributed by atoms with Gasteiger partial charge >= 0.3 is 0 Å². The van der Waals surface area contributed by atoms with Gasteiger partial charge in [0.05, 0.1) is 0 Å². The second kappa shape index (κ2) is 4.15. The standard InChI is InChI=1S/C11H18N4O/c1-7-4-3-5-8(2)15(7)11-13-9(12)6-10(16)14-11/h6-8H,3-5H2,1-2H3,(H3,12,13,14,16)/t7-,8+. The Hall–Kier alpha value is -1.52. The smallest absolute Gasteiger partial charge is 0.254 e. The predicted octanol–water partition coefficient (Wildman–Crippen LogP) is 1.12. The average molecular weight is 222 g/mol. The van der Waals surface area contributed by atoms with Gasteiger partial charge in [-0.2, -0.15) is 4.98 Å². The van der Waals surface area contributed by atoms with Crippen LogP contribution >= 0.6 is 0 Å². The van der Waals surface area contributed by atoms with Crippen LogP contribution in [0.15, 0.2) is 10.9 Å². The molecule has 0 saturated carbocycles. The Labute approximate surface area is 94.7 Å². The molecule has 88 valence electrons. The van der Waals surface area contributed by atoms with Gasteiger partial charge in [0.25, 0.3) is 5.56 Å². The van der Waals surface area contributed by atoms with Crippen molar-refractivity contribution in [2.24, 2.45) is 0 Å². The molecule has 0 aliphatic carbocycles. The highest BCUT2D eigenvalue weighted by atomic mass is 16.1. The topological polar surface area (TPSA) is 75.0 Å². The molecule has 1 aliphatic rings. The number of rotatable bonds is 1. The van der Waals surface area contributed by atoms with E-state index in [0.717, 1.165) is 12.8 Å². The predicted molar refractivity (Wildman–Crippen MR) is 64.5 cm³/mol. The molecule has 2 atom stereocenters. The average Bonchev–Trinajstić information content (AvgIpc) is 2.15. The Morgan fingerprint density at radius 2 is 2.06 bits per heavy atom. The zero-order valence-corrected chi connectivity index (χ0v) is 9.73. The first-order chi connectivity index (χ1) is 7.58. The summed E-state index contributed by atoms with van der Waals surface area (Å²) in [5.74, 6) is 0.883. The lowest BCUT2D eigenvalue weighted by atomic mass is 9.98. The fraction of sp³-hybridized carbons (Fsp3) is 0.636. The van der Waals surface area contributed by atoms with Crippen LogP contribution in [0.25, 0.3) is 0 Å². The summed E-state index contributed by atoms with van der Waals surface area (Å²) in [6.07, 6.45) is 3.48. The van der Waals surface area contributed by atoms with E-state index in [9.17, 15) is 4.79 Å². The van der Waals surface area contributed by atoms with Gasteiger partial charge in [0.2, 0.25) is 5.95 Å². The third kappa shape index (κ3) is 2.03. The molecule has 1 fully saturated rings. The minimum atomic E-state index is -0.188. The largest absolute Gasteiger partial charge is 0.383 e. The molecule has 0 bridgehead atoms. The number of hydrogen-bond acceptors (Lipinski definition) is 4. The van der Waals surface area contributed by atoms with Crippen LogP contribution in [0.5, 0.6) is 0 Å². The summed E-state index contributed by atoms with van der Waals surface area (Å²) in [5.41, 5.74) is 5.41. The molecule has 0 radical (unpaired) electrons. The molecule has 16 heavy (non-hydrogen) atoms. The number of H-pyrrole nitrogens is 1. The van der Waals surface area contributed by atoms with Crippen molar-refractivity contribution in [1.29, 1.82) is 0 Å². The summed E-state index contributed by atoms with van der Waals surface area (Å²) in [6, 6.07) is 2.10. The number of nitrogen functional groups attached to an aromatic ring is 1. The summed E-state index contributed by atoms with van der Waals surface area (Å²) >= 11 is 0. The fourth-order valence-corrected chi connectivity index (χ4v) is 2.42. The van der Waals surface area contributed by atoms with Crippen LogP contribution in [0.3, 0.4) is 0 Å². The minimum absolute atomic E-state index is 0.188. The van der Waals surface area contributed by atoms with E-state index in [2.05, 4.69) is 28.7 Å². The molecule has 5 nitrogen and oxygen atoms in total. The van der Waals surface area contributed by atoms with Gasteiger partial charge in [-0.1, -0.05) is 0 Å². The van der Waals surface area contributed by atoms with Crippen LogP contribution in [0.2, 0.25) is 0 Å². The molecule has 1 aromatic rings. The summed E-state index contributed by atoms with van der Waals surface area (Å²) in [5, 5.41) is 0. The van der Waals surface area contributed by atoms with Crippen LogP contribution < -0.4 is 16.2 Å². The number of nitrogens with one attached hydrogen (secondary N) is 1. The summed E-state index contributed by atoms with van der Waals surface area (Å²) < 4.78 is 0. The molecule has 0 unspecified atom stereocenters. The van der Waals surface area contributed by atoms with Gasteiger partial charge in [-0.05, 0) is 33.1 Å². The Morgan fingerprint density at radius 1 is 1.44 bits per heavy atom. The Kier molecular flexibility index (Phi) is 2.85. The van der Waals surface area contributed by atoms with Crippen LogP contribution in [-0.2, 0) is 0 Å². The zero-order valence-electron chi connectivity index (χ0n) is 9.73. The minimum Gasteiger partial charge on any atom is -0.383 e. The lowest BCUT2D eigenvalue weighted by Gasteiger charge is -2.39. The van der Waals surface area contributed by atoms with E-state index in [1.165, 1.54) is 12.5 Å². The van der Waals surface area contributed by atoms with Crippen LogP contribution in [0.4, 0.5) is 11.8 Å². The molecule has 1 saturated heterocycles. The first-order valence-corrected chi connectivity index (χ1v) is 5.73. The summed E-state index contributed by atoms with van der Waals surface area (Å²) in [4.78, 5) is 20.5. The van der Waals surface area contributed by atoms with Crippen molar-refractivity contribution in [2.45, 2.75) is 45.2 Å². The van der Waals surface area contributed by atoms with Gasteiger partial charge < -0.3 is 10.6 Å². The maximum Gasteiger partial charge on any atom is 0.254 e. The lowest BCUT2D eigenvalue weighted by molar-refractivity contribution is 0.407. The number of aromatic nitrogens is 2. The van der Waals surface area contributed by atoms with Crippen molar-refractivity contribution in [3.8, 4) is 0 Å². The van der Waals surface area contributed by atoms with Gasteiger partial charge in [0.1, 0.15) is 5.82 Å². The second-order valence-corrected chi connectivity index (χ2v) is 4.53. The van der Waals surface area contributed by atoms with Crippen molar-refractivity contribution in [1.82, 2.24) is 9.97 Å². The van der Waals surface area contributed by atoms with E-state index in [-0.39, 0.29) is 11.4 Å². The Morgan fingerprint density at radius 3 is 2.62 bits per heavy atom. The van der Waals surface area contributed by atoms with Gasteiger partial charge in [-0.3, -0.25) is 9.78 Å². The number of nitrogens with two attached hydrogens (primary N) is 1. The first-order valence-electron chi connectivity index (χ1n) is 5.73. The second-order valence-electron chi connectivity index (χ2n) is 4.53. The molecule has 0 spiro atoms. The highest BCUT2D eigenvalue weighted by Crippen LogP contribution is 2.25. The van der Waals surface area contributed by atoms with Crippen molar-refractivity contribution in [3.63, 3.8) is 0 Å². The van der Waals surface area contributed by atoms with Crippen molar-refractivity contribution in [2.75, 3.05) is 10.6 Å². The Balaban J connectivity index is 2.37. The van der Waals surface area contributed by atoms with Crippen LogP contribution in [-0.4, -0.2) is 22.1 Å². The maximum absolute atomic E-state index is 11.4. The van der Waals surface area contributed by atoms with E-state index in [1.54, 1.807) is 0 Å². The van der Waals surface area contributed by atoms with Gasteiger partial charge in [-0.15, -0.1) is 0 Å². The molecule has 1 aromatic heterocycles. The van der Waals surface area contributed by atoms with Crippen LogP contribution in [0.1, 0.15) is 33.1 Å². The van der Waals surface area contributed by atoms with Crippen molar-refractivity contribution < 1.29 is 0 Å². The quantitative estimate of drug-likeness (QED) is 0.746. The van der Waals surface area contributed by atoms with Gasteiger partial charge in [0.15, 0.2) is 0 Å². The fourth-order valence-electron chi connectivity index (χ4n) is 2.42. The maximum atomic E-state index is 11.4. The van der Waals surface area contributed by atoms with Crippen LogP contribution in [0, 0.1) is 0 Å². The number of anilines is 2. The lowest BCUT2D eigenvalue weighted by Crippen LogP contribution is -2.45. The molecular formula is C11H18N4O. The molecular weight excluding hydrogens is 204 g/mol. The molecule has 2 rings (SSSR count). The summed E-state index contributed by atoms with van der Waals surface area (Å²) in [6.45, 7) is 4.30. The molecule has 5 heteroatoms. The molecule has 1 aliphatic heterocycles. The zero-order chi connectivity index (χ0) is 11.7. The monoisotopic (exact) mass is 222 g/mol. The number of hydrogen-bond donors (Lipinski definition) is 2. The van der Waals surface area contributed by atoms with E-state index in [0.29, 0.717) is 18.0 Å². The first kappa shape index (κ1) is 11.0. The third-order valence-corrected chi connectivity index (χ3v) is 3.19. The third-order valence-electron chi connectivity index (χ3n) is 3.19. The molecule has 0 amide bonds. The van der Waals surface area contributed by atoms with E-state index >= 15 is 0 Å². The number of nitrogens with zero attached hydrogens (tertiary/aromatic N) is 2. The van der Waals surface area contributed by atoms with E-state index < -0.39 is 0 Å². The highest BCUT2D eigenvalue weighted by molar-refractivity contribution is 5.40. The molecule has 3 N–H and O–H groups in total. The summed E-state index contributed by atoms with van der Waals surface area (Å²) in [7, 11) is 0. The SMILES string of the molecule is C[C@@H]1CCC[C@H](C)N1c1nc(N)cc(=O)[nH]1. The van der Waals surface area contributed by atoms with Gasteiger partial charge in [0, 0.05) is 18.2 Å². The van der Waals surface area contributed by atoms with E-state index in [4.69, 9.17) is 5.73 Å². The number of aromatic amines is 1. The van der Waals surface area contributed by atoms with E-state index in [1.807, 2.05) is 0 Å². The van der Waals surface area contributed by atoms with Crippen molar-refractivity contribution in [3.05, 3.63) is 16.4 Å². The molecule has 2 heterocycles. The van der Waals surface area contributed by atoms with Gasteiger partial charge in [-0.25, -0.2) is 0 Å². The normalized spacial score (nSPS) is 25.8. The Bertz CT molecular complexity index is 418.